The highest BCUT2D eigenvalue weighted by Gasteiger charge is 2.18. The first-order valence-corrected chi connectivity index (χ1v) is 11.5. The minimum Gasteiger partial charge on any atom is -0.460 e. The maximum absolute atomic E-state index is 12.1. The average Bonchev–Trinajstić information content (AvgIpc) is 2.76. The van der Waals surface area contributed by atoms with E-state index in [4.69, 9.17) is 18.9 Å². The molecule has 0 bridgehead atoms. The first-order valence-electron chi connectivity index (χ1n) is 11.5. The summed E-state index contributed by atoms with van der Waals surface area (Å²) >= 11 is 0. The van der Waals surface area contributed by atoms with Crippen molar-refractivity contribution < 1.29 is 38.1 Å². The lowest BCUT2D eigenvalue weighted by Crippen LogP contribution is -2.36. The summed E-state index contributed by atoms with van der Waals surface area (Å²) in [6, 6.07) is 11.1. The number of esters is 2. The van der Waals surface area contributed by atoms with Gasteiger partial charge in [0.25, 0.3) is 0 Å². The Bertz CT molecular complexity index is 1100. The maximum Gasteiger partial charge on any atom is 0.408 e. The van der Waals surface area contributed by atoms with Gasteiger partial charge in [-0.1, -0.05) is 24.3 Å². The predicted molar refractivity (Wildman–Crippen MR) is 132 cm³/mol. The zero-order valence-corrected chi connectivity index (χ0v) is 21.6. The number of amides is 2. The summed E-state index contributed by atoms with van der Waals surface area (Å²) in [6.07, 6.45) is -1.43. The first-order chi connectivity index (χ1) is 16.7. The van der Waals surface area contributed by atoms with Crippen LogP contribution < -0.4 is 10.6 Å². The minimum atomic E-state index is -0.713. The number of alkyl carbamates (subject to hydrolysis) is 2. The molecule has 10 nitrogen and oxygen atoms in total. The Labute approximate surface area is 210 Å². The van der Waals surface area contributed by atoms with Crippen LogP contribution in [0, 0.1) is 0 Å². The molecule has 2 aromatic rings. The minimum absolute atomic E-state index is 0.0409. The van der Waals surface area contributed by atoms with Crippen molar-refractivity contribution in [1.82, 2.24) is 10.6 Å². The van der Waals surface area contributed by atoms with Crippen molar-refractivity contribution in [2.24, 2.45) is 0 Å². The molecule has 0 heterocycles. The van der Waals surface area contributed by atoms with Gasteiger partial charge in [0.2, 0.25) is 0 Å². The lowest BCUT2D eigenvalue weighted by atomic mass is 10.0. The molecule has 0 aromatic heterocycles. The van der Waals surface area contributed by atoms with Crippen LogP contribution in [0.15, 0.2) is 36.4 Å². The largest absolute Gasteiger partial charge is 0.460 e. The number of nitrogens with one attached hydrogen (secondary N) is 2. The molecule has 0 saturated carbocycles. The van der Waals surface area contributed by atoms with Crippen molar-refractivity contribution in [1.29, 1.82) is 0 Å². The molecule has 196 valence electrons. The number of hydrogen-bond donors (Lipinski definition) is 2. The van der Waals surface area contributed by atoms with E-state index in [1.54, 1.807) is 47.6 Å². The predicted octanol–water partition coefficient (Wildman–Crippen LogP) is 3.98. The highest BCUT2D eigenvalue weighted by molar-refractivity contribution is 5.87. The molecule has 2 amide bonds. The fourth-order valence-corrected chi connectivity index (χ4v) is 3.00. The molecule has 2 N–H and O–H groups in total. The fourth-order valence-electron chi connectivity index (χ4n) is 3.00. The quantitative estimate of drug-likeness (QED) is 0.410. The average molecular weight is 503 g/mol. The smallest absolute Gasteiger partial charge is 0.408 e. The third-order valence-corrected chi connectivity index (χ3v) is 4.35. The Kier molecular flexibility index (Phi) is 9.66. The van der Waals surface area contributed by atoms with E-state index in [2.05, 4.69) is 10.6 Å². The number of ether oxygens (including phenoxy) is 4. The Balaban J connectivity index is 1.95. The van der Waals surface area contributed by atoms with Crippen LogP contribution in [0.25, 0.3) is 10.8 Å². The lowest BCUT2D eigenvalue weighted by molar-refractivity contribution is -0.144. The molecule has 0 fully saturated rings. The van der Waals surface area contributed by atoms with Crippen LogP contribution >= 0.6 is 0 Å². The van der Waals surface area contributed by atoms with Crippen LogP contribution in [0.4, 0.5) is 9.59 Å². The normalized spacial score (nSPS) is 11.4. The molecule has 0 spiro atoms. The van der Waals surface area contributed by atoms with Crippen molar-refractivity contribution in [3.05, 3.63) is 47.5 Å². The zero-order valence-electron chi connectivity index (χ0n) is 21.6. The fraction of sp³-hybridized carbons (Fsp3) is 0.462. The zero-order chi connectivity index (χ0) is 26.9. The van der Waals surface area contributed by atoms with E-state index in [0.717, 1.165) is 10.8 Å². The van der Waals surface area contributed by atoms with Gasteiger partial charge in [-0.05, 0) is 75.6 Å². The molecule has 10 heteroatoms. The third kappa shape index (κ3) is 10.6. The van der Waals surface area contributed by atoms with Gasteiger partial charge in [0.1, 0.15) is 37.5 Å². The lowest BCUT2D eigenvalue weighted by Gasteiger charge is -2.19. The third-order valence-electron chi connectivity index (χ3n) is 4.35. The molecule has 0 saturated heterocycles. The van der Waals surface area contributed by atoms with Gasteiger partial charge >= 0.3 is 24.1 Å². The molecule has 0 radical (unpaired) electrons. The summed E-state index contributed by atoms with van der Waals surface area (Å²) in [4.78, 5) is 47.6. The second kappa shape index (κ2) is 12.2. The van der Waals surface area contributed by atoms with Crippen LogP contribution in [-0.2, 0) is 41.8 Å². The number of benzene rings is 2. The van der Waals surface area contributed by atoms with Crippen LogP contribution in [0.3, 0.4) is 0 Å². The monoisotopic (exact) mass is 502 g/mol. The van der Waals surface area contributed by atoms with E-state index >= 15 is 0 Å². The summed E-state index contributed by atoms with van der Waals surface area (Å²) in [7, 11) is 0. The van der Waals surface area contributed by atoms with E-state index in [0.29, 0.717) is 11.1 Å². The molecule has 2 rings (SSSR count). The van der Waals surface area contributed by atoms with Crippen LogP contribution in [-0.4, -0.2) is 48.4 Å². The maximum atomic E-state index is 12.1. The molecule has 0 atom stereocenters. The van der Waals surface area contributed by atoms with Crippen LogP contribution in [0.1, 0.15) is 52.7 Å². The molecule has 2 aromatic carbocycles. The summed E-state index contributed by atoms with van der Waals surface area (Å²) in [5, 5.41) is 6.44. The van der Waals surface area contributed by atoms with Crippen molar-refractivity contribution >= 4 is 34.9 Å². The molecule has 0 aliphatic heterocycles. The first kappa shape index (κ1) is 28.4. The molecule has 0 aliphatic rings. The van der Waals surface area contributed by atoms with Gasteiger partial charge in [-0.15, -0.1) is 0 Å². The van der Waals surface area contributed by atoms with Gasteiger partial charge in [0, 0.05) is 0 Å². The van der Waals surface area contributed by atoms with E-state index in [1.165, 1.54) is 0 Å². The Morgan fingerprint density at radius 3 is 1.75 bits per heavy atom. The molecule has 0 aliphatic carbocycles. The van der Waals surface area contributed by atoms with Gasteiger partial charge in [0.15, 0.2) is 0 Å². The Morgan fingerprint density at radius 2 is 1.22 bits per heavy atom. The highest BCUT2D eigenvalue weighted by atomic mass is 16.6. The number of hydrogen-bond acceptors (Lipinski definition) is 8. The van der Waals surface area contributed by atoms with E-state index in [9.17, 15) is 19.2 Å². The van der Waals surface area contributed by atoms with E-state index in [-0.39, 0.29) is 26.3 Å². The summed E-state index contributed by atoms with van der Waals surface area (Å²) < 4.78 is 20.8. The second-order valence-electron chi connectivity index (χ2n) is 10.0. The van der Waals surface area contributed by atoms with Gasteiger partial charge in [-0.2, -0.15) is 0 Å². The SMILES string of the molecule is CC(C)(C)OC(=O)NCC(=O)OCc1cc(COC(=O)CNC(=O)OC(C)(C)C)c2ccccc2c1. The van der Waals surface area contributed by atoms with Crippen LogP contribution in [0.5, 0.6) is 0 Å². The molecular formula is C26H34N2O8. The van der Waals surface area contributed by atoms with E-state index < -0.39 is 35.3 Å². The second-order valence-corrected chi connectivity index (χ2v) is 10.0. The number of carbonyl (C=O) groups excluding carboxylic acids is 4. The summed E-state index contributed by atoms with van der Waals surface area (Å²) in [6.45, 7) is 9.56. The Hall–Kier alpha value is -3.82. The Morgan fingerprint density at radius 1 is 0.722 bits per heavy atom. The highest BCUT2D eigenvalue weighted by Crippen LogP contribution is 2.23. The van der Waals surface area contributed by atoms with Gasteiger partial charge < -0.3 is 29.6 Å². The number of carbonyl (C=O) groups is 4. The standard InChI is InChI=1S/C26H34N2O8/c1-25(2,3)35-23(31)27-13-21(29)33-15-17-11-18-9-7-8-10-20(18)19(12-17)16-34-22(30)14-28-24(32)36-26(4,5)6/h7-12H,13-16H2,1-6H3,(H,27,31)(H,28,32). The van der Waals surface area contributed by atoms with Crippen molar-refractivity contribution in [3.8, 4) is 0 Å². The molecule has 36 heavy (non-hydrogen) atoms. The summed E-state index contributed by atoms with van der Waals surface area (Å²) in [5.41, 5.74) is 0.0294. The topological polar surface area (TPSA) is 129 Å². The van der Waals surface area contributed by atoms with E-state index in [1.807, 2.05) is 30.3 Å². The summed E-state index contributed by atoms with van der Waals surface area (Å²) in [5.74, 6) is -1.26. The van der Waals surface area contributed by atoms with Gasteiger partial charge in [0.05, 0.1) is 0 Å². The number of fused-ring (bicyclic) bond motifs is 1. The van der Waals surface area contributed by atoms with Crippen molar-refractivity contribution in [2.45, 2.75) is 66.0 Å². The molecular weight excluding hydrogens is 468 g/mol. The van der Waals surface area contributed by atoms with Crippen LogP contribution in [0.2, 0.25) is 0 Å². The van der Waals surface area contributed by atoms with Crippen molar-refractivity contribution in [2.75, 3.05) is 13.1 Å². The molecule has 0 unspecified atom stereocenters. The number of rotatable bonds is 8. The van der Waals surface area contributed by atoms with Gasteiger partial charge in [-0.3, -0.25) is 9.59 Å². The van der Waals surface area contributed by atoms with Gasteiger partial charge in [-0.25, -0.2) is 9.59 Å². The van der Waals surface area contributed by atoms with Crippen molar-refractivity contribution in [3.63, 3.8) is 0 Å².